The highest BCUT2D eigenvalue weighted by Crippen LogP contribution is 2.32. The quantitative estimate of drug-likeness (QED) is 0.837. The Bertz CT molecular complexity index is 554. The van der Waals surface area contributed by atoms with Crippen LogP contribution in [-0.4, -0.2) is 34.6 Å². The minimum atomic E-state index is -1.01. The van der Waals surface area contributed by atoms with E-state index in [-0.39, 0.29) is 18.4 Å². The standard InChI is InChI=1S/C16H22N2O3S/c1-16(12-7-8-22-10-12)14(20)18(15(21)17-16)9-13(19)11-5-3-2-4-6-11/h7-8,10-11,13,19H,2-6,9H2,1H3,(H,17,21)/t13-,16+/m0/s1. The first-order valence-electron chi connectivity index (χ1n) is 7.87. The molecule has 6 heteroatoms. The zero-order valence-electron chi connectivity index (χ0n) is 12.7. The van der Waals surface area contributed by atoms with Crippen molar-refractivity contribution in [3.8, 4) is 0 Å². The fraction of sp³-hybridized carbons (Fsp3) is 0.625. The lowest BCUT2D eigenvalue weighted by molar-refractivity contribution is -0.132. The van der Waals surface area contributed by atoms with E-state index >= 15 is 0 Å². The molecule has 3 amide bonds. The summed E-state index contributed by atoms with van der Waals surface area (Å²) in [6.07, 6.45) is 4.78. The molecule has 3 rings (SSSR count). The Morgan fingerprint density at radius 1 is 1.41 bits per heavy atom. The van der Waals surface area contributed by atoms with Gasteiger partial charge in [0, 0.05) is 0 Å². The third kappa shape index (κ3) is 2.65. The summed E-state index contributed by atoms with van der Waals surface area (Å²) in [7, 11) is 0. The molecule has 2 heterocycles. The SMILES string of the molecule is C[C@]1(c2ccsc2)NC(=O)N(C[C@H](O)C2CCCCC2)C1=O. The third-order valence-corrected chi connectivity index (χ3v) is 5.62. The largest absolute Gasteiger partial charge is 0.391 e. The smallest absolute Gasteiger partial charge is 0.325 e. The number of carbonyl (C=O) groups excluding carboxylic acids is 2. The summed E-state index contributed by atoms with van der Waals surface area (Å²) in [6, 6.07) is 1.44. The zero-order chi connectivity index (χ0) is 15.7. The molecule has 1 aromatic rings. The molecular weight excluding hydrogens is 300 g/mol. The third-order valence-electron chi connectivity index (χ3n) is 4.94. The van der Waals surface area contributed by atoms with Crippen molar-refractivity contribution in [2.75, 3.05) is 6.54 Å². The molecular formula is C16H22N2O3S. The average molecular weight is 322 g/mol. The molecule has 2 atom stereocenters. The normalized spacial score (nSPS) is 28.0. The highest BCUT2D eigenvalue weighted by atomic mass is 32.1. The van der Waals surface area contributed by atoms with Gasteiger partial charge in [0.25, 0.3) is 5.91 Å². The number of amides is 3. The summed E-state index contributed by atoms with van der Waals surface area (Å²) in [6.45, 7) is 1.82. The fourth-order valence-corrected chi connectivity index (χ4v) is 4.23. The van der Waals surface area contributed by atoms with Gasteiger partial charge in [0.1, 0.15) is 5.54 Å². The van der Waals surface area contributed by atoms with Crippen LogP contribution in [0.1, 0.15) is 44.6 Å². The number of imide groups is 1. The highest BCUT2D eigenvalue weighted by molar-refractivity contribution is 7.08. The van der Waals surface area contributed by atoms with E-state index in [4.69, 9.17) is 0 Å². The second kappa shape index (κ2) is 6.01. The molecule has 1 aliphatic heterocycles. The van der Waals surface area contributed by atoms with Crippen molar-refractivity contribution >= 4 is 23.3 Å². The van der Waals surface area contributed by atoms with Gasteiger partial charge in [-0.1, -0.05) is 19.3 Å². The topological polar surface area (TPSA) is 69.6 Å². The number of carbonyl (C=O) groups is 2. The van der Waals surface area contributed by atoms with E-state index in [1.54, 1.807) is 6.92 Å². The molecule has 0 radical (unpaired) electrons. The lowest BCUT2D eigenvalue weighted by Gasteiger charge is -2.29. The Hall–Kier alpha value is -1.40. The van der Waals surface area contributed by atoms with Crippen LogP contribution < -0.4 is 5.32 Å². The van der Waals surface area contributed by atoms with Crippen molar-refractivity contribution in [1.29, 1.82) is 0 Å². The highest BCUT2D eigenvalue weighted by Gasteiger charge is 2.49. The van der Waals surface area contributed by atoms with Gasteiger partial charge in [0.15, 0.2) is 0 Å². The first kappa shape index (κ1) is 15.5. The summed E-state index contributed by atoms with van der Waals surface area (Å²) >= 11 is 1.49. The molecule has 5 nitrogen and oxygen atoms in total. The average Bonchev–Trinajstić information content (AvgIpc) is 3.13. The Kier molecular flexibility index (Phi) is 4.23. The Balaban J connectivity index is 1.72. The molecule has 0 unspecified atom stereocenters. The molecule has 2 fully saturated rings. The first-order chi connectivity index (χ1) is 10.5. The van der Waals surface area contributed by atoms with Crippen molar-refractivity contribution in [2.24, 2.45) is 5.92 Å². The van der Waals surface area contributed by atoms with Crippen LogP contribution in [0, 0.1) is 5.92 Å². The monoisotopic (exact) mass is 322 g/mol. The summed E-state index contributed by atoms with van der Waals surface area (Å²) in [4.78, 5) is 26.1. The van der Waals surface area contributed by atoms with Crippen molar-refractivity contribution in [1.82, 2.24) is 10.2 Å². The number of rotatable bonds is 4. The van der Waals surface area contributed by atoms with Gasteiger partial charge in [-0.15, -0.1) is 0 Å². The van der Waals surface area contributed by atoms with Crippen LogP contribution in [0.3, 0.4) is 0 Å². The maximum atomic E-state index is 12.7. The number of urea groups is 1. The molecule has 22 heavy (non-hydrogen) atoms. The van der Waals surface area contributed by atoms with E-state index in [1.807, 2.05) is 16.8 Å². The summed E-state index contributed by atoms with van der Waals surface area (Å²) < 4.78 is 0. The number of nitrogens with zero attached hydrogens (tertiary/aromatic N) is 1. The lowest BCUT2D eigenvalue weighted by Crippen LogP contribution is -2.43. The van der Waals surface area contributed by atoms with E-state index in [0.717, 1.165) is 31.2 Å². The van der Waals surface area contributed by atoms with Gasteiger partial charge in [-0.3, -0.25) is 9.69 Å². The van der Waals surface area contributed by atoms with Crippen LogP contribution in [0.5, 0.6) is 0 Å². The molecule has 120 valence electrons. The van der Waals surface area contributed by atoms with Gasteiger partial charge < -0.3 is 10.4 Å². The summed E-state index contributed by atoms with van der Waals surface area (Å²) in [5.41, 5.74) is -0.214. The molecule has 1 aliphatic carbocycles. The van der Waals surface area contributed by atoms with E-state index in [1.165, 1.54) is 22.7 Å². The molecule has 0 aromatic carbocycles. The number of aliphatic hydroxyl groups excluding tert-OH is 1. The molecule has 2 aliphatic rings. The molecule has 0 bridgehead atoms. The van der Waals surface area contributed by atoms with Crippen LogP contribution in [0.2, 0.25) is 0 Å². The van der Waals surface area contributed by atoms with Crippen molar-refractivity contribution in [3.05, 3.63) is 22.4 Å². The minimum Gasteiger partial charge on any atom is -0.391 e. The predicted octanol–water partition coefficient (Wildman–Crippen LogP) is 2.46. The van der Waals surface area contributed by atoms with Crippen LogP contribution in [0.25, 0.3) is 0 Å². The van der Waals surface area contributed by atoms with Crippen LogP contribution in [0.15, 0.2) is 16.8 Å². The van der Waals surface area contributed by atoms with E-state index < -0.39 is 17.7 Å². The van der Waals surface area contributed by atoms with Crippen LogP contribution >= 0.6 is 11.3 Å². The lowest BCUT2D eigenvalue weighted by atomic mass is 9.85. The maximum absolute atomic E-state index is 12.7. The van der Waals surface area contributed by atoms with Gasteiger partial charge in [0.2, 0.25) is 0 Å². The van der Waals surface area contributed by atoms with E-state index in [9.17, 15) is 14.7 Å². The molecule has 1 aromatic heterocycles. The summed E-state index contributed by atoms with van der Waals surface area (Å²) in [5.74, 6) is -0.0758. The fourth-order valence-electron chi connectivity index (χ4n) is 3.46. The van der Waals surface area contributed by atoms with Crippen LogP contribution in [0.4, 0.5) is 4.79 Å². The second-order valence-corrected chi connectivity index (χ2v) is 7.23. The number of β-amino-alcohol motifs (C(OH)–C–C–N with tert-alkyl or cyclic N) is 1. The van der Waals surface area contributed by atoms with Crippen molar-refractivity contribution in [3.63, 3.8) is 0 Å². The Morgan fingerprint density at radius 2 is 2.14 bits per heavy atom. The number of nitrogens with one attached hydrogen (secondary N) is 1. The minimum absolute atomic E-state index is 0.0923. The van der Waals surface area contributed by atoms with Gasteiger partial charge in [-0.25, -0.2) is 4.79 Å². The Labute approximate surface area is 134 Å². The van der Waals surface area contributed by atoms with Crippen molar-refractivity contribution < 1.29 is 14.7 Å². The molecule has 1 saturated carbocycles. The number of thiophene rings is 1. The molecule has 2 N–H and O–H groups in total. The second-order valence-electron chi connectivity index (χ2n) is 6.45. The number of hydrogen-bond donors (Lipinski definition) is 2. The van der Waals surface area contributed by atoms with Gasteiger partial charge in [-0.05, 0) is 48.1 Å². The zero-order valence-corrected chi connectivity index (χ0v) is 13.6. The Morgan fingerprint density at radius 3 is 2.77 bits per heavy atom. The van der Waals surface area contributed by atoms with Crippen molar-refractivity contribution in [2.45, 2.75) is 50.7 Å². The molecule has 1 saturated heterocycles. The summed E-state index contributed by atoms with van der Waals surface area (Å²) in [5, 5.41) is 16.9. The van der Waals surface area contributed by atoms with E-state index in [2.05, 4.69) is 5.32 Å². The van der Waals surface area contributed by atoms with Crippen LogP contribution in [-0.2, 0) is 10.3 Å². The molecule has 0 spiro atoms. The maximum Gasteiger partial charge on any atom is 0.325 e. The van der Waals surface area contributed by atoms with Gasteiger partial charge in [0.05, 0.1) is 12.6 Å². The van der Waals surface area contributed by atoms with Gasteiger partial charge >= 0.3 is 6.03 Å². The number of aliphatic hydroxyl groups is 1. The van der Waals surface area contributed by atoms with Gasteiger partial charge in [-0.2, -0.15) is 11.3 Å². The first-order valence-corrected chi connectivity index (χ1v) is 8.81. The predicted molar refractivity (Wildman–Crippen MR) is 84.5 cm³/mol. The number of hydrogen-bond acceptors (Lipinski definition) is 4. The van der Waals surface area contributed by atoms with E-state index in [0.29, 0.717) is 0 Å².